The smallest absolute Gasteiger partial charge is 0.371 e. The Morgan fingerprint density at radius 3 is 2.79 bits per heavy atom. The molecule has 0 fully saturated rings. The van der Waals surface area contributed by atoms with Gasteiger partial charge in [-0.05, 0) is 30.3 Å². The van der Waals surface area contributed by atoms with E-state index in [1.165, 1.54) is 19.2 Å². The second-order valence-electron chi connectivity index (χ2n) is 3.74. The van der Waals surface area contributed by atoms with Crippen molar-refractivity contribution >= 4 is 16.8 Å². The van der Waals surface area contributed by atoms with E-state index in [0.717, 1.165) is 0 Å². The Bertz CT molecular complexity index is 617. The van der Waals surface area contributed by atoms with Crippen LogP contribution < -0.4 is 4.74 Å². The average molecular weight is 280 g/mol. The number of benzene rings is 1. The summed E-state index contributed by atoms with van der Waals surface area (Å²) >= 11 is 0. The minimum atomic E-state index is -1.31. The predicted octanol–water partition coefficient (Wildman–Crippen LogP) is 2.29. The molecule has 2 aromatic rings. The van der Waals surface area contributed by atoms with E-state index in [1.54, 1.807) is 24.3 Å². The van der Waals surface area contributed by atoms with E-state index < -0.39 is 16.8 Å². The van der Waals surface area contributed by atoms with Crippen LogP contribution >= 0.6 is 0 Å². The maximum Gasteiger partial charge on any atom is 0.371 e. The fourth-order valence-electron chi connectivity index (χ4n) is 1.53. The molecule has 0 amide bonds. The van der Waals surface area contributed by atoms with Crippen LogP contribution in [-0.2, 0) is 16.6 Å². The van der Waals surface area contributed by atoms with Crippen LogP contribution in [0.1, 0.15) is 16.3 Å². The van der Waals surface area contributed by atoms with E-state index in [2.05, 4.69) is 0 Å². The molecule has 2 rings (SSSR count). The Kier molecular flexibility index (Phi) is 4.01. The molecule has 1 N–H and O–H groups in total. The van der Waals surface area contributed by atoms with Gasteiger partial charge >= 0.3 is 5.97 Å². The lowest BCUT2D eigenvalue weighted by molar-refractivity contribution is 0.0661. The molecule has 0 radical (unpaired) electrons. The SMILES string of the molecule is COc1cccc(S(=O)Cc2ccc(C(=O)O)o2)c1. The van der Waals surface area contributed by atoms with Crippen LogP contribution in [0.2, 0.25) is 0 Å². The quantitative estimate of drug-likeness (QED) is 0.909. The van der Waals surface area contributed by atoms with Gasteiger partial charge in [0.2, 0.25) is 5.76 Å². The molecule has 0 saturated carbocycles. The summed E-state index contributed by atoms with van der Waals surface area (Å²) < 4.78 is 22.2. The van der Waals surface area contributed by atoms with Crippen LogP contribution in [0.5, 0.6) is 5.75 Å². The second kappa shape index (κ2) is 5.71. The van der Waals surface area contributed by atoms with Crippen molar-refractivity contribution in [3.8, 4) is 5.75 Å². The minimum Gasteiger partial charge on any atom is -0.497 e. The van der Waals surface area contributed by atoms with E-state index in [9.17, 15) is 9.00 Å². The van der Waals surface area contributed by atoms with Crippen molar-refractivity contribution in [2.24, 2.45) is 0 Å². The molecule has 1 aromatic carbocycles. The van der Waals surface area contributed by atoms with Crippen LogP contribution in [0.25, 0.3) is 0 Å². The van der Waals surface area contributed by atoms with E-state index >= 15 is 0 Å². The molecule has 1 unspecified atom stereocenters. The summed E-state index contributed by atoms with van der Waals surface area (Å²) in [6.07, 6.45) is 0. The zero-order chi connectivity index (χ0) is 13.8. The zero-order valence-electron chi connectivity index (χ0n) is 10.2. The fourth-order valence-corrected chi connectivity index (χ4v) is 2.58. The summed E-state index contributed by atoms with van der Waals surface area (Å²) in [4.78, 5) is 11.3. The number of carbonyl (C=O) groups is 1. The van der Waals surface area contributed by atoms with Crippen LogP contribution in [0.3, 0.4) is 0 Å². The van der Waals surface area contributed by atoms with Gasteiger partial charge in [0.15, 0.2) is 0 Å². The van der Waals surface area contributed by atoms with Crippen LogP contribution in [-0.4, -0.2) is 22.4 Å². The average Bonchev–Trinajstić information content (AvgIpc) is 2.87. The van der Waals surface area contributed by atoms with Crippen molar-refractivity contribution in [1.82, 2.24) is 0 Å². The first-order valence-corrected chi connectivity index (χ1v) is 6.76. The first-order valence-electron chi connectivity index (χ1n) is 5.44. The van der Waals surface area contributed by atoms with Gasteiger partial charge in [0, 0.05) is 4.90 Å². The summed E-state index contributed by atoms with van der Waals surface area (Å²) in [6, 6.07) is 9.77. The van der Waals surface area contributed by atoms with Gasteiger partial charge in [0.25, 0.3) is 0 Å². The summed E-state index contributed by atoms with van der Waals surface area (Å²) in [5.74, 6) is -0.174. The lowest BCUT2D eigenvalue weighted by atomic mass is 10.3. The van der Waals surface area contributed by atoms with Gasteiger partial charge < -0.3 is 14.3 Å². The molecule has 19 heavy (non-hydrogen) atoms. The summed E-state index contributed by atoms with van der Waals surface area (Å²) in [5, 5.41) is 8.73. The normalized spacial score (nSPS) is 12.1. The highest BCUT2D eigenvalue weighted by Gasteiger charge is 2.12. The number of methoxy groups -OCH3 is 1. The summed E-state index contributed by atoms with van der Waals surface area (Å²) in [6.45, 7) is 0. The molecule has 0 aliphatic rings. The fraction of sp³-hybridized carbons (Fsp3) is 0.154. The Balaban J connectivity index is 2.13. The number of carboxylic acids is 1. The van der Waals surface area contributed by atoms with Crippen molar-refractivity contribution in [2.75, 3.05) is 7.11 Å². The molecule has 100 valence electrons. The molecule has 1 aromatic heterocycles. The minimum absolute atomic E-state index is 0.125. The largest absolute Gasteiger partial charge is 0.497 e. The Hall–Kier alpha value is -2.08. The number of aromatic carboxylic acids is 1. The summed E-state index contributed by atoms with van der Waals surface area (Å²) in [5.41, 5.74) is 0. The van der Waals surface area contributed by atoms with Gasteiger partial charge in [-0.15, -0.1) is 0 Å². The first kappa shape index (κ1) is 13.4. The highest BCUT2D eigenvalue weighted by Crippen LogP contribution is 2.19. The third-order valence-corrected chi connectivity index (χ3v) is 3.78. The first-order chi connectivity index (χ1) is 9.10. The van der Waals surface area contributed by atoms with Crippen molar-refractivity contribution in [1.29, 1.82) is 0 Å². The Morgan fingerprint density at radius 2 is 2.16 bits per heavy atom. The third-order valence-electron chi connectivity index (χ3n) is 2.45. The molecule has 5 nitrogen and oxygen atoms in total. The third kappa shape index (κ3) is 3.23. The van der Waals surface area contributed by atoms with E-state index in [0.29, 0.717) is 16.4 Å². The highest BCUT2D eigenvalue weighted by molar-refractivity contribution is 7.84. The monoisotopic (exact) mass is 280 g/mol. The van der Waals surface area contributed by atoms with Crippen molar-refractivity contribution in [3.05, 3.63) is 47.9 Å². The maximum atomic E-state index is 12.1. The van der Waals surface area contributed by atoms with E-state index in [4.69, 9.17) is 14.3 Å². The molecule has 0 saturated heterocycles. The molecule has 0 bridgehead atoms. The molecular weight excluding hydrogens is 268 g/mol. The Labute approximate surface area is 112 Å². The Morgan fingerprint density at radius 1 is 1.37 bits per heavy atom. The van der Waals surface area contributed by atoms with Crippen LogP contribution in [0.4, 0.5) is 0 Å². The lowest BCUT2D eigenvalue weighted by Crippen LogP contribution is -1.96. The molecule has 0 aliphatic heterocycles. The zero-order valence-corrected chi connectivity index (χ0v) is 11.0. The highest BCUT2D eigenvalue weighted by atomic mass is 32.2. The van der Waals surface area contributed by atoms with Crippen molar-refractivity contribution in [3.63, 3.8) is 0 Å². The van der Waals surface area contributed by atoms with Gasteiger partial charge in [-0.1, -0.05) is 6.07 Å². The van der Waals surface area contributed by atoms with Crippen molar-refractivity contribution in [2.45, 2.75) is 10.6 Å². The van der Waals surface area contributed by atoms with Crippen molar-refractivity contribution < 1.29 is 23.3 Å². The van der Waals surface area contributed by atoms with Gasteiger partial charge in [0.1, 0.15) is 11.5 Å². The van der Waals surface area contributed by atoms with Gasteiger partial charge in [-0.2, -0.15) is 0 Å². The number of rotatable bonds is 5. The number of hydrogen-bond acceptors (Lipinski definition) is 4. The molecule has 6 heteroatoms. The number of carboxylic acid groups (broad SMARTS) is 1. The predicted molar refractivity (Wildman–Crippen MR) is 68.8 cm³/mol. The second-order valence-corrected chi connectivity index (χ2v) is 5.19. The van der Waals surface area contributed by atoms with E-state index in [-0.39, 0.29) is 11.5 Å². The molecule has 1 heterocycles. The van der Waals surface area contributed by atoms with E-state index in [1.807, 2.05) is 0 Å². The van der Waals surface area contributed by atoms with Gasteiger partial charge in [0.05, 0.1) is 23.7 Å². The lowest BCUT2D eigenvalue weighted by Gasteiger charge is -2.03. The van der Waals surface area contributed by atoms with Gasteiger partial charge in [-0.25, -0.2) is 4.79 Å². The molecular formula is C13H12O5S. The topological polar surface area (TPSA) is 76.7 Å². The summed E-state index contributed by atoms with van der Waals surface area (Å²) in [7, 11) is 0.223. The number of furan rings is 1. The number of hydrogen-bond donors (Lipinski definition) is 1. The maximum absolute atomic E-state index is 12.1. The molecule has 1 atom stereocenters. The standard InChI is InChI=1S/C13H12O5S/c1-17-9-3-2-4-11(7-9)19(16)8-10-5-6-12(18-10)13(14)15/h2-7H,8H2,1H3,(H,14,15). The molecule has 0 spiro atoms. The number of ether oxygens (including phenoxy) is 1. The van der Waals surface area contributed by atoms with Crippen LogP contribution in [0, 0.1) is 0 Å². The molecule has 0 aliphatic carbocycles. The van der Waals surface area contributed by atoms with Gasteiger partial charge in [-0.3, -0.25) is 4.21 Å². The van der Waals surface area contributed by atoms with Crippen LogP contribution in [0.15, 0.2) is 45.7 Å².